The first kappa shape index (κ1) is 30.8. The van der Waals surface area contributed by atoms with E-state index in [1.165, 1.54) is 11.1 Å². The van der Waals surface area contributed by atoms with Gasteiger partial charge in [0.1, 0.15) is 11.8 Å². The number of ether oxygens (including phenoxy) is 1. The summed E-state index contributed by atoms with van der Waals surface area (Å²) in [5.41, 5.74) is 2.82. The number of thioether (sulfide) groups is 1. The fraction of sp³-hybridized carbons (Fsp3) is 0.750. The summed E-state index contributed by atoms with van der Waals surface area (Å²) < 4.78 is 6.30. The highest BCUT2D eigenvalue weighted by atomic mass is 32.2. The summed E-state index contributed by atoms with van der Waals surface area (Å²) in [7, 11) is 0. The molecule has 1 aromatic carbocycles. The van der Waals surface area contributed by atoms with Crippen LogP contribution >= 0.6 is 11.8 Å². The molecule has 3 rings (SSSR count). The van der Waals surface area contributed by atoms with E-state index in [1.807, 2.05) is 4.90 Å². The van der Waals surface area contributed by atoms with Gasteiger partial charge in [-0.1, -0.05) is 67.5 Å². The summed E-state index contributed by atoms with van der Waals surface area (Å²) in [6.07, 6.45) is 6.74. The monoisotopic (exact) mass is 544 g/mol. The minimum absolute atomic E-state index is 0.000200. The van der Waals surface area contributed by atoms with E-state index in [9.17, 15) is 9.59 Å². The minimum atomic E-state index is -0.335. The lowest BCUT2D eigenvalue weighted by Gasteiger charge is -2.30. The molecule has 2 amide bonds. The molecule has 1 saturated heterocycles. The van der Waals surface area contributed by atoms with E-state index in [-0.39, 0.29) is 40.0 Å². The van der Waals surface area contributed by atoms with Gasteiger partial charge in [0.2, 0.25) is 11.8 Å². The topological polar surface area (TPSA) is 58.6 Å². The number of hydrogen-bond donors (Lipinski definition) is 1. The molecule has 0 spiro atoms. The van der Waals surface area contributed by atoms with Crippen LogP contribution in [0.1, 0.15) is 111 Å². The SMILES string of the molecule is CCC(C)(C)c1ccc(OCCCCNC(=O)C2CSC(CC(C)C)N2C(=O)C2CC2)c(C(C)(C)CC)c1. The zero-order valence-electron chi connectivity index (χ0n) is 25.2. The summed E-state index contributed by atoms with van der Waals surface area (Å²) in [4.78, 5) is 28.0. The molecule has 214 valence electrons. The lowest BCUT2D eigenvalue weighted by Crippen LogP contribution is -2.50. The second-order valence-electron chi connectivity index (χ2n) is 13.0. The van der Waals surface area contributed by atoms with Crippen molar-refractivity contribution in [2.45, 2.75) is 123 Å². The van der Waals surface area contributed by atoms with Crippen LogP contribution < -0.4 is 10.1 Å². The van der Waals surface area contributed by atoms with Crippen molar-refractivity contribution in [1.82, 2.24) is 10.2 Å². The maximum atomic E-state index is 13.1. The van der Waals surface area contributed by atoms with Crippen LogP contribution in [0.2, 0.25) is 0 Å². The Hall–Kier alpha value is -1.69. The van der Waals surface area contributed by atoms with Crippen molar-refractivity contribution in [2.24, 2.45) is 11.8 Å². The van der Waals surface area contributed by atoms with Gasteiger partial charge in [0.15, 0.2) is 0 Å². The van der Waals surface area contributed by atoms with E-state index in [0.29, 0.717) is 24.8 Å². The molecule has 38 heavy (non-hydrogen) atoms. The van der Waals surface area contributed by atoms with Crippen molar-refractivity contribution in [2.75, 3.05) is 18.9 Å². The van der Waals surface area contributed by atoms with Crippen molar-refractivity contribution in [3.8, 4) is 5.75 Å². The van der Waals surface area contributed by atoms with Crippen molar-refractivity contribution >= 4 is 23.6 Å². The van der Waals surface area contributed by atoms with Gasteiger partial charge >= 0.3 is 0 Å². The molecule has 6 heteroatoms. The summed E-state index contributed by atoms with van der Waals surface area (Å²) in [5.74, 6) is 2.51. The van der Waals surface area contributed by atoms with Crippen molar-refractivity contribution in [1.29, 1.82) is 0 Å². The number of nitrogens with one attached hydrogen (secondary N) is 1. The Kier molecular flexibility index (Phi) is 10.6. The molecule has 2 fully saturated rings. The zero-order valence-corrected chi connectivity index (χ0v) is 26.0. The van der Waals surface area contributed by atoms with E-state index < -0.39 is 0 Å². The molecule has 2 aliphatic rings. The largest absolute Gasteiger partial charge is 0.493 e. The van der Waals surface area contributed by atoms with Gasteiger partial charge < -0.3 is 15.0 Å². The van der Waals surface area contributed by atoms with Crippen molar-refractivity contribution < 1.29 is 14.3 Å². The van der Waals surface area contributed by atoms with Gasteiger partial charge in [-0.2, -0.15) is 0 Å². The number of amides is 2. The molecule has 1 N–H and O–H groups in total. The maximum absolute atomic E-state index is 13.1. The molecule has 2 unspecified atom stereocenters. The van der Waals surface area contributed by atoms with Gasteiger partial charge in [-0.25, -0.2) is 0 Å². The highest BCUT2D eigenvalue weighted by molar-refractivity contribution is 8.00. The first-order valence-electron chi connectivity index (χ1n) is 14.9. The second kappa shape index (κ2) is 13.1. The Balaban J connectivity index is 1.51. The highest BCUT2D eigenvalue weighted by Crippen LogP contribution is 2.40. The van der Waals surface area contributed by atoms with Gasteiger partial charge in [0.05, 0.1) is 12.0 Å². The molecule has 5 nitrogen and oxygen atoms in total. The third-order valence-electron chi connectivity index (χ3n) is 8.64. The summed E-state index contributed by atoms with van der Waals surface area (Å²) in [6, 6.07) is 6.38. The number of unbranched alkanes of at least 4 members (excludes halogenated alkanes) is 1. The van der Waals surface area contributed by atoms with Crippen LogP contribution in [0.4, 0.5) is 0 Å². The number of rotatable bonds is 14. The molecule has 1 heterocycles. The number of benzene rings is 1. The molecule has 0 radical (unpaired) electrons. The predicted molar refractivity (Wildman–Crippen MR) is 160 cm³/mol. The van der Waals surface area contributed by atoms with Gasteiger partial charge in [-0.3, -0.25) is 9.59 Å². The number of carbonyl (C=O) groups is 2. The highest BCUT2D eigenvalue weighted by Gasteiger charge is 2.46. The zero-order chi connectivity index (χ0) is 28.1. The quantitative estimate of drug-likeness (QED) is 0.255. The van der Waals surface area contributed by atoms with E-state index in [1.54, 1.807) is 11.8 Å². The number of hydrogen-bond acceptors (Lipinski definition) is 4. The molecule has 1 saturated carbocycles. The first-order valence-corrected chi connectivity index (χ1v) is 16.0. The number of carbonyl (C=O) groups excluding carboxylic acids is 2. The van der Waals surface area contributed by atoms with Gasteiger partial charge in [0, 0.05) is 23.8 Å². The molecular weight excluding hydrogens is 492 g/mol. The average Bonchev–Trinajstić information content (AvgIpc) is 3.65. The summed E-state index contributed by atoms with van der Waals surface area (Å²) in [5, 5.41) is 3.24. The Bertz CT molecular complexity index is 954. The van der Waals surface area contributed by atoms with Crippen LogP contribution in [-0.2, 0) is 20.4 Å². The Labute approximate surface area is 236 Å². The van der Waals surface area contributed by atoms with Crippen molar-refractivity contribution in [3.63, 3.8) is 0 Å². The average molecular weight is 545 g/mol. The minimum Gasteiger partial charge on any atom is -0.493 e. The molecule has 0 bridgehead atoms. The second-order valence-corrected chi connectivity index (χ2v) is 14.2. The Morgan fingerprint density at radius 3 is 2.37 bits per heavy atom. The van der Waals surface area contributed by atoms with E-state index >= 15 is 0 Å². The predicted octanol–water partition coefficient (Wildman–Crippen LogP) is 7.06. The third-order valence-corrected chi connectivity index (χ3v) is 9.95. The third kappa shape index (κ3) is 7.70. The Morgan fingerprint density at radius 1 is 1.08 bits per heavy atom. The molecular formula is C32H52N2O3S. The smallest absolute Gasteiger partial charge is 0.243 e. The number of nitrogens with zero attached hydrogens (tertiary/aromatic N) is 1. The van der Waals surface area contributed by atoms with E-state index in [0.717, 1.165) is 50.7 Å². The van der Waals surface area contributed by atoms with Crippen LogP contribution in [0.15, 0.2) is 18.2 Å². The van der Waals surface area contributed by atoms with Crippen LogP contribution in [0.3, 0.4) is 0 Å². The fourth-order valence-corrected chi connectivity index (χ4v) is 6.57. The van der Waals surface area contributed by atoms with Gasteiger partial charge in [0.25, 0.3) is 0 Å². The van der Waals surface area contributed by atoms with E-state index in [4.69, 9.17) is 4.74 Å². The molecule has 1 aliphatic carbocycles. The van der Waals surface area contributed by atoms with Crippen LogP contribution in [0, 0.1) is 11.8 Å². The van der Waals surface area contributed by atoms with Crippen LogP contribution in [0.25, 0.3) is 0 Å². The molecule has 2 atom stereocenters. The first-order chi connectivity index (χ1) is 17.9. The lowest BCUT2D eigenvalue weighted by atomic mass is 9.76. The molecule has 0 aromatic heterocycles. The molecule has 1 aliphatic heterocycles. The standard InChI is InChI=1S/C32H52N2O3S/c1-9-31(5,6)24-15-16-27(25(20-24)32(7,8)10-2)37-18-12-11-17-33-29(35)26-21-38-28(19-22(3)4)34(26)30(36)23-13-14-23/h15-16,20,22-23,26,28H,9-14,17-19,21H2,1-8H3,(H,33,35). The normalized spacial score (nSPS) is 20.2. The van der Waals surface area contributed by atoms with Crippen LogP contribution in [0.5, 0.6) is 5.75 Å². The Morgan fingerprint density at radius 2 is 1.76 bits per heavy atom. The molecule has 1 aromatic rings. The van der Waals surface area contributed by atoms with Crippen LogP contribution in [-0.4, -0.2) is 47.0 Å². The fourth-order valence-electron chi connectivity index (χ4n) is 4.93. The lowest BCUT2D eigenvalue weighted by molar-refractivity contribution is -0.141. The maximum Gasteiger partial charge on any atom is 0.243 e. The summed E-state index contributed by atoms with van der Waals surface area (Å²) in [6.45, 7) is 19.3. The summed E-state index contributed by atoms with van der Waals surface area (Å²) >= 11 is 1.77. The van der Waals surface area contributed by atoms with Gasteiger partial charge in [-0.15, -0.1) is 11.8 Å². The van der Waals surface area contributed by atoms with Gasteiger partial charge in [-0.05, 0) is 73.3 Å². The van der Waals surface area contributed by atoms with E-state index in [2.05, 4.69) is 78.9 Å². The van der Waals surface area contributed by atoms with Crippen molar-refractivity contribution in [3.05, 3.63) is 29.3 Å².